The highest BCUT2D eigenvalue weighted by atomic mass is 16.5. The molecular formula is C15H27N3O. The lowest BCUT2D eigenvalue weighted by atomic mass is 10.2. The largest absolute Gasteiger partial charge is 0.380 e. The summed E-state index contributed by atoms with van der Waals surface area (Å²) >= 11 is 0. The molecule has 0 unspecified atom stereocenters. The molecule has 0 bridgehead atoms. The quantitative estimate of drug-likeness (QED) is 0.695. The Kier molecular flexibility index (Phi) is 7.45. The molecule has 0 saturated heterocycles. The number of nitrogens with zero attached hydrogens (tertiary/aromatic N) is 2. The fourth-order valence-corrected chi connectivity index (χ4v) is 1.84. The minimum Gasteiger partial charge on any atom is -0.380 e. The fourth-order valence-electron chi connectivity index (χ4n) is 1.84. The normalized spacial score (nSPS) is 10.7. The van der Waals surface area contributed by atoms with Gasteiger partial charge in [-0.25, -0.2) is 4.98 Å². The van der Waals surface area contributed by atoms with Gasteiger partial charge >= 0.3 is 0 Å². The maximum atomic E-state index is 5.40. The third-order valence-electron chi connectivity index (χ3n) is 3.03. The van der Waals surface area contributed by atoms with Crippen LogP contribution in [-0.2, 0) is 17.7 Å². The van der Waals surface area contributed by atoms with Gasteiger partial charge in [-0.1, -0.05) is 13.8 Å². The van der Waals surface area contributed by atoms with Gasteiger partial charge in [0.05, 0.1) is 6.61 Å². The summed E-state index contributed by atoms with van der Waals surface area (Å²) < 4.78 is 5.40. The molecule has 108 valence electrons. The molecule has 1 rings (SSSR count). The Morgan fingerprint density at radius 2 is 2.05 bits per heavy atom. The average Bonchev–Trinajstić information content (AvgIpc) is 2.44. The third-order valence-corrected chi connectivity index (χ3v) is 3.03. The van der Waals surface area contributed by atoms with Crippen molar-refractivity contribution in [3.05, 3.63) is 23.4 Å². The lowest BCUT2D eigenvalue weighted by Crippen LogP contribution is -2.24. The van der Waals surface area contributed by atoms with Crippen LogP contribution in [0.1, 0.15) is 32.0 Å². The first-order valence-electron chi connectivity index (χ1n) is 7.20. The molecule has 0 spiro atoms. The van der Waals surface area contributed by atoms with E-state index in [4.69, 9.17) is 4.74 Å². The summed E-state index contributed by atoms with van der Waals surface area (Å²) in [5, 5.41) is 3.36. The van der Waals surface area contributed by atoms with Crippen molar-refractivity contribution >= 4 is 5.82 Å². The number of hydrogen-bond acceptors (Lipinski definition) is 4. The molecule has 19 heavy (non-hydrogen) atoms. The SMILES string of the molecule is CCNCc1cc(CC)nc(N(C)CCOCC)c1. The minimum absolute atomic E-state index is 0.744. The van der Waals surface area contributed by atoms with Crippen LogP contribution in [0.3, 0.4) is 0 Å². The minimum atomic E-state index is 0.744. The van der Waals surface area contributed by atoms with Gasteiger partial charge in [0, 0.05) is 32.4 Å². The summed E-state index contributed by atoms with van der Waals surface area (Å²) in [6, 6.07) is 4.34. The molecule has 1 aromatic heterocycles. The Bertz CT molecular complexity index is 368. The summed E-state index contributed by atoms with van der Waals surface area (Å²) in [6.45, 7) is 10.5. The maximum absolute atomic E-state index is 5.40. The van der Waals surface area contributed by atoms with E-state index in [2.05, 4.69) is 48.2 Å². The molecule has 0 saturated carbocycles. The lowest BCUT2D eigenvalue weighted by Gasteiger charge is -2.20. The molecule has 0 aliphatic rings. The topological polar surface area (TPSA) is 37.4 Å². The van der Waals surface area contributed by atoms with E-state index in [1.54, 1.807) is 0 Å². The average molecular weight is 265 g/mol. The van der Waals surface area contributed by atoms with Gasteiger partial charge in [0.1, 0.15) is 5.82 Å². The van der Waals surface area contributed by atoms with Gasteiger partial charge in [0.2, 0.25) is 0 Å². The molecule has 4 nitrogen and oxygen atoms in total. The first kappa shape index (κ1) is 15.9. The molecule has 0 aromatic carbocycles. The Morgan fingerprint density at radius 3 is 2.68 bits per heavy atom. The van der Waals surface area contributed by atoms with Crippen LogP contribution in [-0.4, -0.2) is 38.3 Å². The number of ether oxygens (including phenoxy) is 1. The molecule has 1 N–H and O–H groups in total. The van der Waals surface area contributed by atoms with Crippen molar-refractivity contribution < 1.29 is 4.74 Å². The number of aryl methyl sites for hydroxylation is 1. The number of aromatic nitrogens is 1. The monoisotopic (exact) mass is 265 g/mol. The number of pyridine rings is 1. The van der Waals surface area contributed by atoms with E-state index in [0.29, 0.717) is 0 Å². The maximum Gasteiger partial charge on any atom is 0.128 e. The molecule has 0 aliphatic heterocycles. The van der Waals surface area contributed by atoms with E-state index < -0.39 is 0 Å². The van der Waals surface area contributed by atoms with Crippen LogP contribution in [0.5, 0.6) is 0 Å². The van der Waals surface area contributed by atoms with Crippen molar-refractivity contribution in [2.45, 2.75) is 33.7 Å². The van der Waals surface area contributed by atoms with E-state index in [1.165, 1.54) is 5.56 Å². The fraction of sp³-hybridized carbons (Fsp3) is 0.667. The molecule has 1 aromatic rings. The Morgan fingerprint density at radius 1 is 1.26 bits per heavy atom. The second kappa shape index (κ2) is 8.88. The van der Waals surface area contributed by atoms with Crippen molar-refractivity contribution in [1.82, 2.24) is 10.3 Å². The van der Waals surface area contributed by atoms with Crippen LogP contribution in [0.15, 0.2) is 12.1 Å². The van der Waals surface area contributed by atoms with Gasteiger partial charge in [0.15, 0.2) is 0 Å². The van der Waals surface area contributed by atoms with Crippen LogP contribution in [0.4, 0.5) is 5.82 Å². The van der Waals surface area contributed by atoms with Crippen LogP contribution in [0.2, 0.25) is 0 Å². The zero-order valence-electron chi connectivity index (χ0n) is 12.7. The van der Waals surface area contributed by atoms with E-state index in [-0.39, 0.29) is 0 Å². The lowest BCUT2D eigenvalue weighted by molar-refractivity contribution is 0.154. The Hall–Kier alpha value is -1.13. The number of anilines is 1. The third kappa shape index (κ3) is 5.57. The zero-order valence-corrected chi connectivity index (χ0v) is 12.7. The van der Waals surface area contributed by atoms with E-state index in [1.807, 2.05) is 6.92 Å². The standard InChI is InChI=1S/C15H27N3O/c1-5-14-10-13(12-16-6-2)11-15(17-14)18(4)8-9-19-7-3/h10-11,16H,5-9,12H2,1-4H3. The van der Waals surface area contributed by atoms with Gasteiger partial charge in [-0.3, -0.25) is 0 Å². The van der Waals surface area contributed by atoms with E-state index in [0.717, 1.165) is 50.8 Å². The highest BCUT2D eigenvalue weighted by Crippen LogP contribution is 2.14. The Labute approximate surface area is 117 Å². The summed E-state index contributed by atoms with van der Waals surface area (Å²) in [4.78, 5) is 6.84. The smallest absolute Gasteiger partial charge is 0.128 e. The number of hydrogen-bond donors (Lipinski definition) is 1. The first-order valence-corrected chi connectivity index (χ1v) is 7.20. The molecule has 4 heteroatoms. The van der Waals surface area contributed by atoms with Gasteiger partial charge in [-0.15, -0.1) is 0 Å². The highest BCUT2D eigenvalue weighted by molar-refractivity contribution is 5.42. The molecule has 0 aliphatic carbocycles. The molecule has 1 heterocycles. The summed E-state index contributed by atoms with van der Waals surface area (Å²) in [6.07, 6.45) is 0.965. The van der Waals surface area contributed by atoms with E-state index >= 15 is 0 Å². The van der Waals surface area contributed by atoms with Gasteiger partial charge < -0.3 is 15.0 Å². The summed E-state index contributed by atoms with van der Waals surface area (Å²) in [5.41, 5.74) is 2.45. The van der Waals surface area contributed by atoms with Gasteiger partial charge in [-0.05, 0) is 37.6 Å². The van der Waals surface area contributed by atoms with Crippen LogP contribution < -0.4 is 10.2 Å². The molecule has 0 fully saturated rings. The van der Waals surface area contributed by atoms with Crippen LogP contribution in [0, 0.1) is 0 Å². The van der Waals surface area contributed by atoms with Crippen LogP contribution >= 0.6 is 0 Å². The summed E-state index contributed by atoms with van der Waals surface area (Å²) in [5.74, 6) is 1.03. The van der Waals surface area contributed by atoms with Crippen molar-refractivity contribution in [1.29, 1.82) is 0 Å². The van der Waals surface area contributed by atoms with Crippen molar-refractivity contribution in [3.63, 3.8) is 0 Å². The van der Waals surface area contributed by atoms with Crippen molar-refractivity contribution in [2.75, 3.05) is 38.3 Å². The molecule has 0 radical (unpaired) electrons. The predicted molar refractivity (Wildman–Crippen MR) is 80.8 cm³/mol. The number of likely N-dealkylation sites (N-methyl/N-ethyl adjacent to an activating group) is 1. The van der Waals surface area contributed by atoms with Gasteiger partial charge in [-0.2, -0.15) is 0 Å². The molecular weight excluding hydrogens is 238 g/mol. The van der Waals surface area contributed by atoms with Crippen LogP contribution in [0.25, 0.3) is 0 Å². The van der Waals surface area contributed by atoms with Crippen molar-refractivity contribution in [3.8, 4) is 0 Å². The van der Waals surface area contributed by atoms with E-state index in [9.17, 15) is 0 Å². The zero-order chi connectivity index (χ0) is 14.1. The number of nitrogens with one attached hydrogen (secondary N) is 1. The number of rotatable bonds is 9. The molecule has 0 atom stereocenters. The first-order chi connectivity index (χ1) is 9.21. The predicted octanol–water partition coefficient (Wildman–Crippen LogP) is 2.23. The van der Waals surface area contributed by atoms with Gasteiger partial charge in [0.25, 0.3) is 0 Å². The Balaban J connectivity index is 2.74. The van der Waals surface area contributed by atoms with Crippen molar-refractivity contribution in [2.24, 2.45) is 0 Å². The second-order valence-corrected chi connectivity index (χ2v) is 4.58. The molecule has 0 amide bonds. The summed E-state index contributed by atoms with van der Waals surface area (Å²) in [7, 11) is 2.07. The second-order valence-electron chi connectivity index (χ2n) is 4.58. The highest BCUT2D eigenvalue weighted by Gasteiger charge is 2.06.